The zero-order chi connectivity index (χ0) is 31.2. The Morgan fingerprint density at radius 1 is 0.738 bits per heavy atom. The molecule has 0 radical (unpaired) electrons. The van der Waals surface area contributed by atoms with E-state index in [1.165, 1.54) is 31.4 Å². The van der Waals surface area contributed by atoms with Crippen LogP contribution < -0.4 is 25.4 Å². The Morgan fingerprint density at radius 2 is 1.31 bits per heavy atom. The summed E-state index contributed by atoms with van der Waals surface area (Å²) in [6, 6.07) is 9.29. The van der Waals surface area contributed by atoms with Crippen LogP contribution in [0.4, 0.5) is 42.5 Å². The van der Waals surface area contributed by atoms with E-state index in [9.17, 15) is 40.7 Å². The number of hydrogen-bond donors (Lipinski definition) is 3. The fraction of sp³-hybridized carbons (Fsp3) is 0.250. The third-order valence-electron chi connectivity index (χ3n) is 5.48. The van der Waals surface area contributed by atoms with Crippen molar-refractivity contribution in [3.05, 3.63) is 82.9 Å². The van der Waals surface area contributed by atoms with Crippen LogP contribution in [0.25, 0.3) is 0 Å². The average Bonchev–Trinajstić information content (AvgIpc) is 2.90. The van der Waals surface area contributed by atoms with Crippen molar-refractivity contribution in [2.24, 2.45) is 5.92 Å². The van der Waals surface area contributed by atoms with Crippen LogP contribution in [-0.4, -0.2) is 31.6 Å². The summed E-state index contributed by atoms with van der Waals surface area (Å²) in [6.07, 6.45) is -10.2. The Morgan fingerprint density at radius 3 is 1.88 bits per heavy atom. The maximum atomic E-state index is 13.2. The highest BCUT2D eigenvalue weighted by atomic mass is 19.4. The number of amides is 4. The Hall–Kier alpha value is -4.75. The number of para-hydroxylation sites is 1. The van der Waals surface area contributed by atoms with Gasteiger partial charge in [-0.05, 0) is 54.4 Å². The fourth-order valence-corrected chi connectivity index (χ4v) is 3.56. The van der Waals surface area contributed by atoms with Gasteiger partial charge in [0.05, 0.1) is 36.0 Å². The molecular weight excluding hydrogens is 572 g/mol. The second kappa shape index (κ2) is 12.8. The fourth-order valence-electron chi connectivity index (χ4n) is 3.56. The number of ether oxygens (including phenoxy) is 2. The van der Waals surface area contributed by atoms with Gasteiger partial charge in [0, 0.05) is 11.4 Å². The second-order valence-corrected chi connectivity index (χ2v) is 9.27. The second-order valence-electron chi connectivity index (χ2n) is 9.27. The van der Waals surface area contributed by atoms with Crippen molar-refractivity contribution >= 4 is 29.2 Å². The highest BCUT2D eigenvalue weighted by molar-refractivity contribution is 6.13. The topological polar surface area (TPSA) is 106 Å². The number of imide groups is 1. The molecule has 0 fully saturated rings. The molecule has 0 aliphatic heterocycles. The maximum Gasteiger partial charge on any atom is 0.416 e. The predicted octanol–water partition coefficient (Wildman–Crippen LogP) is 6.98. The summed E-state index contributed by atoms with van der Waals surface area (Å²) in [5.74, 6) is -1.41. The minimum atomic E-state index is -5.11. The van der Waals surface area contributed by atoms with Gasteiger partial charge in [0.2, 0.25) is 0 Å². The summed E-state index contributed by atoms with van der Waals surface area (Å²) in [4.78, 5) is 38.4. The Labute approximate surface area is 236 Å². The molecule has 8 nitrogen and oxygen atoms in total. The molecule has 4 amide bonds. The van der Waals surface area contributed by atoms with Gasteiger partial charge in [-0.15, -0.1) is 0 Å². The Bertz CT molecular complexity index is 1440. The molecule has 42 heavy (non-hydrogen) atoms. The van der Waals surface area contributed by atoms with Crippen molar-refractivity contribution in [1.29, 1.82) is 0 Å². The molecule has 14 heteroatoms. The highest BCUT2D eigenvalue weighted by Crippen LogP contribution is 2.37. The van der Waals surface area contributed by atoms with E-state index in [0.717, 1.165) is 6.07 Å². The lowest BCUT2D eigenvalue weighted by molar-refractivity contribution is -0.143. The number of rotatable bonds is 8. The first-order chi connectivity index (χ1) is 19.6. The summed E-state index contributed by atoms with van der Waals surface area (Å²) < 4.78 is 89.7. The zero-order valence-corrected chi connectivity index (χ0v) is 22.4. The van der Waals surface area contributed by atoms with E-state index < -0.39 is 47.0 Å². The molecule has 0 aliphatic carbocycles. The maximum absolute atomic E-state index is 13.2. The first-order valence-corrected chi connectivity index (χ1v) is 12.2. The molecule has 0 unspecified atom stereocenters. The van der Waals surface area contributed by atoms with Crippen molar-refractivity contribution in [3.63, 3.8) is 0 Å². The summed E-state index contributed by atoms with van der Waals surface area (Å²) in [5, 5.41) is 6.38. The third kappa shape index (κ3) is 8.38. The number of carbonyl (C=O) groups excluding carboxylic acids is 3. The number of urea groups is 1. The van der Waals surface area contributed by atoms with Gasteiger partial charge in [0.25, 0.3) is 11.8 Å². The van der Waals surface area contributed by atoms with E-state index in [4.69, 9.17) is 9.47 Å². The lowest BCUT2D eigenvalue weighted by atomic mass is 10.1. The lowest BCUT2D eigenvalue weighted by Crippen LogP contribution is -2.31. The molecule has 3 rings (SSSR count). The predicted molar refractivity (Wildman–Crippen MR) is 141 cm³/mol. The van der Waals surface area contributed by atoms with E-state index in [2.05, 4.69) is 10.6 Å². The zero-order valence-electron chi connectivity index (χ0n) is 22.4. The summed E-state index contributed by atoms with van der Waals surface area (Å²) in [5.41, 5.74) is -4.20. The largest absolute Gasteiger partial charge is 0.496 e. The van der Waals surface area contributed by atoms with Crippen LogP contribution in [0.2, 0.25) is 0 Å². The summed E-state index contributed by atoms with van der Waals surface area (Å²) >= 11 is 0. The first-order valence-electron chi connectivity index (χ1n) is 12.2. The first kappa shape index (κ1) is 31.8. The lowest BCUT2D eigenvalue weighted by Gasteiger charge is -2.16. The van der Waals surface area contributed by atoms with Gasteiger partial charge >= 0.3 is 18.4 Å². The Kier molecular flexibility index (Phi) is 9.71. The number of halogens is 6. The van der Waals surface area contributed by atoms with Gasteiger partial charge in [-0.1, -0.05) is 26.0 Å². The van der Waals surface area contributed by atoms with E-state index >= 15 is 0 Å². The highest BCUT2D eigenvalue weighted by Gasteiger charge is 2.37. The number of nitrogens with one attached hydrogen (secondary N) is 3. The number of methoxy groups -OCH3 is 1. The molecule has 0 aliphatic rings. The minimum Gasteiger partial charge on any atom is -0.496 e. The molecule has 0 saturated carbocycles. The van der Waals surface area contributed by atoms with Gasteiger partial charge in [-0.25, -0.2) is 4.79 Å². The number of hydrogen-bond acceptors (Lipinski definition) is 5. The molecule has 0 spiro atoms. The molecular formula is C28H25F6N3O5. The van der Waals surface area contributed by atoms with E-state index in [1.807, 2.05) is 19.2 Å². The minimum absolute atomic E-state index is 0.0488. The third-order valence-corrected chi connectivity index (χ3v) is 5.48. The Balaban J connectivity index is 1.87. The summed E-state index contributed by atoms with van der Waals surface area (Å²) in [7, 11) is 1.34. The van der Waals surface area contributed by atoms with Crippen LogP contribution >= 0.6 is 0 Å². The van der Waals surface area contributed by atoms with Crippen molar-refractivity contribution < 1.29 is 50.2 Å². The van der Waals surface area contributed by atoms with Crippen molar-refractivity contribution in [3.8, 4) is 11.5 Å². The van der Waals surface area contributed by atoms with Crippen LogP contribution in [-0.2, 0) is 12.4 Å². The van der Waals surface area contributed by atoms with E-state index in [0.29, 0.717) is 12.1 Å². The number of benzene rings is 3. The normalized spacial score (nSPS) is 11.6. The molecule has 0 saturated heterocycles. The van der Waals surface area contributed by atoms with Gasteiger partial charge < -0.3 is 20.1 Å². The average molecular weight is 598 g/mol. The molecule has 0 atom stereocenters. The van der Waals surface area contributed by atoms with Crippen molar-refractivity contribution in [2.75, 3.05) is 24.4 Å². The number of alkyl halides is 6. The monoisotopic (exact) mass is 597 g/mol. The van der Waals surface area contributed by atoms with Crippen LogP contribution in [0.15, 0.2) is 60.7 Å². The molecule has 3 aromatic carbocycles. The quantitative estimate of drug-likeness (QED) is 0.192. The van der Waals surface area contributed by atoms with Gasteiger partial charge in [0.15, 0.2) is 0 Å². The SMILES string of the molecule is COc1ccccc1C(=O)NC(=O)c1cc(NC(=O)Nc2cc(C(F)(F)F)cc(C(F)(F)F)c2)ccc1OCC(C)C. The number of carbonyl (C=O) groups is 3. The molecule has 3 aromatic rings. The van der Waals surface area contributed by atoms with Gasteiger partial charge in [-0.2, -0.15) is 26.3 Å². The van der Waals surface area contributed by atoms with Crippen molar-refractivity contribution in [1.82, 2.24) is 5.32 Å². The molecule has 0 bridgehead atoms. The van der Waals surface area contributed by atoms with Crippen LogP contribution in [0.3, 0.4) is 0 Å². The molecule has 3 N–H and O–H groups in total. The van der Waals surface area contributed by atoms with Gasteiger partial charge in [-0.3, -0.25) is 14.9 Å². The smallest absolute Gasteiger partial charge is 0.416 e. The van der Waals surface area contributed by atoms with Crippen LogP contribution in [0, 0.1) is 5.92 Å². The van der Waals surface area contributed by atoms with Crippen LogP contribution in [0.1, 0.15) is 45.7 Å². The molecule has 224 valence electrons. The molecule has 0 aromatic heterocycles. The molecule has 0 heterocycles. The van der Waals surface area contributed by atoms with Crippen LogP contribution in [0.5, 0.6) is 11.5 Å². The van der Waals surface area contributed by atoms with Gasteiger partial charge in [0.1, 0.15) is 11.5 Å². The standard InChI is InChI=1S/C28H25F6N3O5/c1-15(2)14-42-23-9-8-18(13-21(23)25(39)37-24(38)20-6-4-5-7-22(20)41-3)35-26(40)36-19-11-16(27(29,30)31)10-17(12-19)28(32,33)34/h4-13,15H,14H2,1-3H3,(H2,35,36,40)(H,37,38,39). The number of anilines is 2. The van der Waals surface area contributed by atoms with E-state index in [1.54, 1.807) is 12.1 Å². The van der Waals surface area contributed by atoms with Crippen molar-refractivity contribution in [2.45, 2.75) is 26.2 Å². The van der Waals surface area contributed by atoms with E-state index in [-0.39, 0.29) is 46.9 Å². The summed E-state index contributed by atoms with van der Waals surface area (Å²) in [6.45, 7) is 3.89.